The van der Waals surface area contributed by atoms with Crippen LogP contribution in [-0.4, -0.2) is 30.9 Å². The van der Waals surface area contributed by atoms with Gasteiger partial charge in [0.1, 0.15) is 5.76 Å². The first-order chi connectivity index (χ1) is 15.7. The van der Waals surface area contributed by atoms with Crippen molar-refractivity contribution in [3.05, 3.63) is 99.0 Å². The van der Waals surface area contributed by atoms with Crippen LogP contribution in [0.15, 0.2) is 76.8 Å². The monoisotopic (exact) mass is 504 g/mol. The molecule has 168 valence electrons. The van der Waals surface area contributed by atoms with Gasteiger partial charge in [0.25, 0.3) is 11.7 Å². The third-order valence-electron chi connectivity index (χ3n) is 5.88. The van der Waals surface area contributed by atoms with Crippen LogP contribution in [-0.2, 0) is 9.59 Å². The van der Waals surface area contributed by atoms with Crippen molar-refractivity contribution in [3.8, 4) is 0 Å². The number of nitrogens with zero attached hydrogens (tertiary/aromatic N) is 2. The highest BCUT2D eigenvalue weighted by atomic mass is 79.9. The number of ketones is 1. The third kappa shape index (κ3) is 4.18. The Labute approximate surface area is 202 Å². The summed E-state index contributed by atoms with van der Waals surface area (Å²) in [6.45, 7) is 3.86. The Morgan fingerprint density at radius 2 is 1.67 bits per heavy atom. The maximum atomic E-state index is 13.3. The molecule has 6 heteroatoms. The van der Waals surface area contributed by atoms with Gasteiger partial charge in [-0.3, -0.25) is 14.5 Å². The molecule has 0 spiro atoms. The molecule has 0 radical (unpaired) electrons. The van der Waals surface area contributed by atoms with Gasteiger partial charge in [-0.15, -0.1) is 0 Å². The van der Waals surface area contributed by atoms with Gasteiger partial charge >= 0.3 is 0 Å². The second-order valence-corrected chi connectivity index (χ2v) is 9.31. The van der Waals surface area contributed by atoms with Crippen LogP contribution >= 0.6 is 15.9 Å². The molecule has 3 aromatic rings. The zero-order valence-corrected chi connectivity index (χ0v) is 20.6. The van der Waals surface area contributed by atoms with E-state index in [-0.39, 0.29) is 11.3 Å². The lowest BCUT2D eigenvalue weighted by Gasteiger charge is -2.26. The second kappa shape index (κ2) is 8.87. The highest BCUT2D eigenvalue weighted by molar-refractivity contribution is 9.10. The van der Waals surface area contributed by atoms with Crippen LogP contribution in [0.1, 0.15) is 28.3 Å². The zero-order valence-electron chi connectivity index (χ0n) is 19.0. The van der Waals surface area contributed by atoms with Crippen molar-refractivity contribution >= 4 is 44.8 Å². The Kier molecular flexibility index (Phi) is 6.13. The van der Waals surface area contributed by atoms with E-state index in [9.17, 15) is 14.7 Å². The Hall–Kier alpha value is -3.38. The first kappa shape index (κ1) is 22.8. The minimum absolute atomic E-state index is 0.0870. The van der Waals surface area contributed by atoms with Gasteiger partial charge in [-0.25, -0.2) is 0 Å². The molecule has 1 fully saturated rings. The maximum absolute atomic E-state index is 13.3. The number of hydrogen-bond acceptors (Lipinski definition) is 4. The normalized spacial score (nSPS) is 17.5. The number of aliphatic hydroxyl groups excluding tert-OH is 1. The van der Waals surface area contributed by atoms with Crippen LogP contribution in [0.2, 0.25) is 0 Å². The summed E-state index contributed by atoms with van der Waals surface area (Å²) in [6, 6.07) is 19.7. The van der Waals surface area contributed by atoms with Crippen LogP contribution in [0.25, 0.3) is 5.76 Å². The highest BCUT2D eigenvalue weighted by Crippen LogP contribution is 2.42. The van der Waals surface area contributed by atoms with Crippen molar-refractivity contribution in [1.82, 2.24) is 0 Å². The Morgan fingerprint density at radius 3 is 2.27 bits per heavy atom. The third-order valence-corrected chi connectivity index (χ3v) is 6.77. The van der Waals surface area contributed by atoms with Gasteiger partial charge in [0.15, 0.2) is 0 Å². The topological polar surface area (TPSA) is 60.9 Å². The molecule has 1 amide bonds. The summed E-state index contributed by atoms with van der Waals surface area (Å²) < 4.78 is 0.899. The van der Waals surface area contributed by atoms with E-state index < -0.39 is 17.7 Å². The second-order valence-electron chi connectivity index (χ2n) is 8.46. The predicted molar refractivity (Wildman–Crippen MR) is 136 cm³/mol. The summed E-state index contributed by atoms with van der Waals surface area (Å²) >= 11 is 3.47. The number of carbonyl (C=O) groups is 2. The van der Waals surface area contributed by atoms with Crippen LogP contribution in [0.4, 0.5) is 11.4 Å². The summed E-state index contributed by atoms with van der Waals surface area (Å²) in [4.78, 5) is 30.0. The van der Waals surface area contributed by atoms with Gasteiger partial charge < -0.3 is 10.0 Å². The number of amides is 1. The van der Waals surface area contributed by atoms with E-state index in [0.29, 0.717) is 11.3 Å². The number of Topliss-reactive ketones (excluding diaryl/α,β-unsaturated/α-hetero) is 1. The molecule has 5 nitrogen and oxygen atoms in total. The minimum atomic E-state index is -0.737. The van der Waals surface area contributed by atoms with Crippen molar-refractivity contribution < 1.29 is 14.7 Å². The lowest BCUT2D eigenvalue weighted by Crippen LogP contribution is -2.29. The van der Waals surface area contributed by atoms with Crippen molar-refractivity contribution in [2.45, 2.75) is 19.9 Å². The molecule has 0 aromatic heterocycles. The fourth-order valence-corrected chi connectivity index (χ4v) is 4.36. The number of rotatable bonds is 4. The zero-order chi connectivity index (χ0) is 23.9. The molecular formula is C27H25BrN2O3. The van der Waals surface area contributed by atoms with Gasteiger partial charge in [0, 0.05) is 35.5 Å². The quantitative estimate of drug-likeness (QED) is 0.278. The molecule has 0 aliphatic carbocycles. The van der Waals surface area contributed by atoms with Gasteiger partial charge in [-0.05, 0) is 61.4 Å². The molecule has 1 saturated heterocycles. The lowest BCUT2D eigenvalue weighted by molar-refractivity contribution is -0.132. The molecule has 1 heterocycles. The van der Waals surface area contributed by atoms with Gasteiger partial charge in [-0.1, -0.05) is 51.8 Å². The number of halogens is 1. The molecule has 1 aliphatic rings. The molecule has 4 rings (SSSR count). The fraction of sp³-hybridized carbons (Fsp3) is 0.185. The van der Waals surface area contributed by atoms with Gasteiger partial charge in [0.2, 0.25) is 0 Å². The first-order valence-corrected chi connectivity index (χ1v) is 11.4. The van der Waals surface area contributed by atoms with Crippen molar-refractivity contribution in [2.75, 3.05) is 23.9 Å². The SMILES string of the molecule is Cc1cccc(C2/C(=C(/O)c3ccc(Br)c(C)c3)C(=O)C(=O)N2c2ccc(N(C)C)cc2)c1. The maximum Gasteiger partial charge on any atom is 0.300 e. The summed E-state index contributed by atoms with van der Waals surface area (Å²) in [5.74, 6) is -1.53. The number of benzene rings is 3. The minimum Gasteiger partial charge on any atom is -0.507 e. The molecular weight excluding hydrogens is 480 g/mol. The van der Waals surface area contributed by atoms with Crippen LogP contribution in [0, 0.1) is 13.8 Å². The standard InChI is InChI=1S/C27H25BrN2O3/c1-16-6-5-7-18(14-16)24-23(25(31)19-8-13-22(28)17(2)15-19)26(32)27(33)30(24)21-11-9-20(10-12-21)29(3)4/h5-15,24,31H,1-4H3/b25-23-. The smallest absolute Gasteiger partial charge is 0.300 e. The van der Waals surface area contributed by atoms with E-state index in [1.807, 2.05) is 87.4 Å². The number of carbonyl (C=O) groups excluding carboxylic acids is 2. The number of anilines is 2. The molecule has 0 saturated carbocycles. The number of aryl methyl sites for hydroxylation is 2. The fourth-order valence-electron chi connectivity index (χ4n) is 4.11. The first-order valence-electron chi connectivity index (χ1n) is 10.6. The van der Waals surface area contributed by atoms with E-state index in [1.165, 1.54) is 4.90 Å². The van der Waals surface area contributed by atoms with E-state index >= 15 is 0 Å². The molecule has 1 N–H and O–H groups in total. The largest absolute Gasteiger partial charge is 0.507 e. The summed E-state index contributed by atoms with van der Waals surface area (Å²) in [5.41, 5.74) is 4.84. The molecule has 1 unspecified atom stereocenters. The Balaban J connectivity index is 1.93. The molecule has 1 atom stereocenters. The Morgan fingerprint density at radius 1 is 0.970 bits per heavy atom. The van der Waals surface area contributed by atoms with E-state index in [2.05, 4.69) is 15.9 Å². The predicted octanol–water partition coefficient (Wildman–Crippen LogP) is 5.76. The van der Waals surface area contributed by atoms with Crippen LogP contribution < -0.4 is 9.80 Å². The Bertz CT molecular complexity index is 1280. The van der Waals surface area contributed by atoms with E-state index in [0.717, 1.165) is 26.9 Å². The van der Waals surface area contributed by atoms with Crippen molar-refractivity contribution in [2.24, 2.45) is 0 Å². The van der Waals surface area contributed by atoms with Crippen LogP contribution in [0.5, 0.6) is 0 Å². The molecule has 33 heavy (non-hydrogen) atoms. The number of hydrogen-bond donors (Lipinski definition) is 1. The van der Waals surface area contributed by atoms with E-state index in [1.54, 1.807) is 12.1 Å². The van der Waals surface area contributed by atoms with E-state index in [4.69, 9.17) is 0 Å². The summed E-state index contributed by atoms with van der Waals surface area (Å²) in [5, 5.41) is 11.3. The van der Waals surface area contributed by atoms with Gasteiger partial charge in [-0.2, -0.15) is 0 Å². The molecule has 0 bridgehead atoms. The molecule has 3 aromatic carbocycles. The summed E-state index contributed by atoms with van der Waals surface area (Å²) in [6.07, 6.45) is 0. The number of aliphatic hydroxyl groups is 1. The van der Waals surface area contributed by atoms with Gasteiger partial charge in [0.05, 0.1) is 11.6 Å². The summed E-state index contributed by atoms with van der Waals surface area (Å²) in [7, 11) is 3.88. The van der Waals surface area contributed by atoms with Crippen molar-refractivity contribution in [1.29, 1.82) is 0 Å². The average molecular weight is 505 g/mol. The highest BCUT2D eigenvalue weighted by Gasteiger charge is 2.47. The lowest BCUT2D eigenvalue weighted by atomic mass is 9.94. The van der Waals surface area contributed by atoms with Crippen molar-refractivity contribution in [3.63, 3.8) is 0 Å². The van der Waals surface area contributed by atoms with Crippen LogP contribution in [0.3, 0.4) is 0 Å². The average Bonchev–Trinajstić information content (AvgIpc) is 3.06. The molecule has 1 aliphatic heterocycles.